The quantitative estimate of drug-likeness (QED) is 0.145. The van der Waals surface area contributed by atoms with Crippen LogP contribution in [0, 0.1) is 0 Å². The van der Waals surface area contributed by atoms with E-state index >= 15 is 0 Å². The molecule has 0 atom stereocenters. The van der Waals surface area contributed by atoms with E-state index in [0.29, 0.717) is 0 Å². The van der Waals surface area contributed by atoms with Crippen LogP contribution in [0.2, 0.25) is 0 Å². The summed E-state index contributed by atoms with van der Waals surface area (Å²) in [4.78, 5) is 2.43. The SMILES string of the molecule is c1ccc(-c2ccc(N(c3ccc(-c4ccccc4-c4ccccc4-c4ccccc4)cc3)c3ccccc3-c3ccccc3)c(-c3ccccc3)c2)cc1. The molecule has 9 aromatic rings. The van der Waals surface area contributed by atoms with E-state index in [4.69, 9.17) is 0 Å². The van der Waals surface area contributed by atoms with Crippen LogP contribution in [0.3, 0.4) is 0 Å². The van der Waals surface area contributed by atoms with Gasteiger partial charge in [-0.05, 0) is 86.0 Å². The molecular formula is C54H39N. The van der Waals surface area contributed by atoms with Gasteiger partial charge in [-0.2, -0.15) is 0 Å². The number of anilines is 3. The van der Waals surface area contributed by atoms with Crippen molar-refractivity contribution in [3.8, 4) is 66.8 Å². The van der Waals surface area contributed by atoms with E-state index in [0.717, 1.165) is 22.6 Å². The van der Waals surface area contributed by atoms with Crippen LogP contribution >= 0.6 is 0 Å². The van der Waals surface area contributed by atoms with Gasteiger partial charge in [0.15, 0.2) is 0 Å². The molecule has 9 rings (SSSR count). The molecule has 0 radical (unpaired) electrons. The maximum Gasteiger partial charge on any atom is 0.0540 e. The molecule has 0 fully saturated rings. The number of hydrogen-bond acceptors (Lipinski definition) is 1. The molecule has 260 valence electrons. The first-order chi connectivity index (χ1) is 27.3. The smallest absolute Gasteiger partial charge is 0.0540 e. The Hall–Kier alpha value is -7.22. The number of benzene rings is 9. The van der Waals surface area contributed by atoms with Crippen molar-refractivity contribution in [2.24, 2.45) is 0 Å². The van der Waals surface area contributed by atoms with Gasteiger partial charge in [-0.1, -0.05) is 206 Å². The van der Waals surface area contributed by atoms with E-state index < -0.39 is 0 Å². The summed E-state index contributed by atoms with van der Waals surface area (Å²) in [5.74, 6) is 0. The summed E-state index contributed by atoms with van der Waals surface area (Å²) < 4.78 is 0. The van der Waals surface area contributed by atoms with Crippen molar-refractivity contribution >= 4 is 17.1 Å². The van der Waals surface area contributed by atoms with Crippen molar-refractivity contribution in [3.63, 3.8) is 0 Å². The lowest BCUT2D eigenvalue weighted by molar-refractivity contribution is 1.28. The maximum absolute atomic E-state index is 2.43. The van der Waals surface area contributed by atoms with Crippen LogP contribution < -0.4 is 4.90 Å². The minimum absolute atomic E-state index is 1.08. The molecule has 0 aliphatic carbocycles. The second-order valence-electron chi connectivity index (χ2n) is 13.7. The zero-order chi connectivity index (χ0) is 36.8. The monoisotopic (exact) mass is 701 g/mol. The number of nitrogens with zero attached hydrogens (tertiary/aromatic N) is 1. The van der Waals surface area contributed by atoms with E-state index in [1.807, 2.05) is 0 Å². The predicted octanol–water partition coefficient (Wildman–Crippen LogP) is 15.2. The van der Waals surface area contributed by atoms with Crippen molar-refractivity contribution in [2.45, 2.75) is 0 Å². The van der Waals surface area contributed by atoms with Crippen LogP contribution in [-0.2, 0) is 0 Å². The summed E-state index contributed by atoms with van der Waals surface area (Å²) in [5.41, 5.74) is 17.6. The lowest BCUT2D eigenvalue weighted by atomic mass is 9.89. The van der Waals surface area contributed by atoms with E-state index in [1.54, 1.807) is 0 Å². The Balaban J connectivity index is 1.22. The fraction of sp³-hybridized carbons (Fsp3) is 0. The molecule has 0 N–H and O–H groups in total. The van der Waals surface area contributed by atoms with Gasteiger partial charge in [0.25, 0.3) is 0 Å². The Bertz CT molecular complexity index is 2670. The molecule has 9 aromatic carbocycles. The standard InChI is InChI=1S/C54H39N/c1-5-19-40(20-6-1)45-35-38-54(52(39-45)43-25-11-4-12-26-43)55(53-32-18-17-29-49(53)42-23-9-3-10-24-42)46-36-33-44(34-37-46)48-28-14-16-31-51(48)50-30-15-13-27-47(50)41-21-7-2-8-22-41/h1-39H. The van der Waals surface area contributed by atoms with Gasteiger partial charge in [-0.3, -0.25) is 0 Å². The lowest BCUT2D eigenvalue weighted by Crippen LogP contribution is -2.12. The molecule has 0 aliphatic rings. The molecular weight excluding hydrogens is 663 g/mol. The summed E-state index contributed by atoms with van der Waals surface area (Å²) in [5, 5.41) is 0. The Morgan fingerprint density at radius 1 is 0.200 bits per heavy atom. The minimum Gasteiger partial charge on any atom is -0.309 e. The largest absolute Gasteiger partial charge is 0.309 e. The van der Waals surface area contributed by atoms with Gasteiger partial charge in [0.1, 0.15) is 0 Å². The Labute approximate surface area is 324 Å². The molecule has 0 heterocycles. The topological polar surface area (TPSA) is 3.24 Å². The molecule has 0 aliphatic heterocycles. The molecule has 0 unspecified atom stereocenters. The van der Waals surface area contributed by atoms with Gasteiger partial charge in [-0.15, -0.1) is 0 Å². The predicted molar refractivity (Wildman–Crippen MR) is 234 cm³/mol. The van der Waals surface area contributed by atoms with Crippen LogP contribution in [0.1, 0.15) is 0 Å². The fourth-order valence-corrected chi connectivity index (χ4v) is 7.68. The van der Waals surface area contributed by atoms with Crippen molar-refractivity contribution < 1.29 is 0 Å². The summed E-state index contributed by atoms with van der Waals surface area (Å²) in [6.07, 6.45) is 0. The molecule has 0 spiro atoms. The van der Waals surface area contributed by atoms with Crippen LogP contribution in [0.25, 0.3) is 66.8 Å². The second kappa shape index (κ2) is 15.4. The summed E-state index contributed by atoms with van der Waals surface area (Å²) in [6.45, 7) is 0. The highest BCUT2D eigenvalue weighted by molar-refractivity contribution is 5.96. The third-order valence-electron chi connectivity index (χ3n) is 10.3. The van der Waals surface area contributed by atoms with Gasteiger partial charge in [-0.25, -0.2) is 0 Å². The average molecular weight is 702 g/mol. The highest BCUT2D eigenvalue weighted by atomic mass is 15.1. The van der Waals surface area contributed by atoms with E-state index in [2.05, 4.69) is 241 Å². The first-order valence-electron chi connectivity index (χ1n) is 18.9. The van der Waals surface area contributed by atoms with Crippen molar-refractivity contribution in [1.29, 1.82) is 0 Å². The highest BCUT2D eigenvalue weighted by Gasteiger charge is 2.22. The molecule has 0 saturated carbocycles. The maximum atomic E-state index is 2.43. The molecule has 0 saturated heterocycles. The van der Waals surface area contributed by atoms with Crippen LogP contribution in [0.15, 0.2) is 237 Å². The van der Waals surface area contributed by atoms with Gasteiger partial charge >= 0.3 is 0 Å². The summed E-state index contributed by atoms with van der Waals surface area (Å²) in [6, 6.07) is 85.0. The first-order valence-corrected chi connectivity index (χ1v) is 18.9. The Kier molecular flexibility index (Phi) is 9.41. The lowest BCUT2D eigenvalue weighted by Gasteiger charge is -2.30. The Morgan fingerprint density at radius 2 is 0.545 bits per heavy atom. The van der Waals surface area contributed by atoms with Crippen LogP contribution in [-0.4, -0.2) is 0 Å². The van der Waals surface area contributed by atoms with Gasteiger partial charge < -0.3 is 4.90 Å². The first kappa shape index (κ1) is 33.6. The minimum atomic E-state index is 1.08. The zero-order valence-corrected chi connectivity index (χ0v) is 30.5. The molecule has 0 aromatic heterocycles. The van der Waals surface area contributed by atoms with Crippen molar-refractivity contribution in [3.05, 3.63) is 237 Å². The van der Waals surface area contributed by atoms with Crippen LogP contribution in [0.5, 0.6) is 0 Å². The summed E-state index contributed by atoms with van der Waals surface area (Å²) in [7, 11) is 0. The van der Waals surface area contributed by atoms with E-state index in [-0.39, 0.29) is 0 Å². The van der Waals surface area contributed by atoms with Crippen molar-refractivity contribution in [1.82, 2.24) is 0 Å². The van der Waals surface area contributed by atoms with Crippen LogP contribution in [0.4, 0.5) is 17.1 Å². The normalized spacial score (nSPS) is 10.9. The second-order valence-corrected chi connectivity index (χ2v) is 13.7. The highest BCUT2D eigenvalue weighted by Crippen LogP contribution is 2.46. The zero-order valence-electron chi connectivity index (χ0n) is 30.5. The number of para-hydroxylation sites is 1. The van der Waals surface area contributed by atoms with Gasteiger partial charge in [0.2, 0.25) is 0 Å². The third-order valence-corrected chi connectivity index (χ3v) is 10.3. The Morgan fingerprint density at radius 3 is 1.07 bits per heavy atom. The molecule has 1 nitrogen and oxygen atoms in total. The van der Waals surface area contributed by atoms with E-state index in [1.165, 1.54) is 61.2 Å². The fourth-order valence-electron chi connectivity index (χ4n) is 7.68. The van der Waals surface area contributed by atoms with E-state index in [9.17, 15) is 0 Å². The third kappa shape index (κ3) is 6.88. The molecule has 0 amide bonds. The molecule has 0 bridgehead atoms. The van der Waals surface area contributed by atoms with Gasteiger partial charge in [0, 0.05) is 16.8 Å². The van der Waals surface area contributed by atoms with Gasteiger partial charge in [0.05, 0.1) is 11.4 Å². The molecule has 1 heteroatoms. The van der Waals surface area contributed by atoms with Crippen molar-refractivity contribution in [2.75, 3.05) is 4.90 Å². The molecule has 55 heavy (non-hydrogen) atoms. The number of rotatable bonds is 9. The number of hydrogen-bond donors (Lipinski definition) is 0. The average Bonchev–Trinajstić information content (AvgIpc) is 3.28. The summed E-state index contributed by atoms with van der Waals surface area (Å²) >= 11 is 0.